The second-order valence-corrected chi connectivity index (χ2v) is 8.37. The summed E-state index contributed by atoms with van der Waals surface area (Å²) in [5, 5.41) is 35.4. The normalized spacial score (nSPS) is 16.1. The smallest absolute Gasteiger partial charge is 0.326 e. The van der Waals surface area contributed by atoms with Crippen LogP contribution in [0.1, 0.15) is 33.6 Å². The Kier molecular flexibility index (Phi) is 13.3. The van der Waals surface area contributed by atoms with Crippen LogP contribution in [0, 0.1) is 5.92 Å². The summed E-state index contributed by atoms with van der Waals surface area (Å²) in [6.45, 7) is 4.06. The average Bonchev–Trinajstić information content (AvgIpc) is 2.66. The molecule has 0 spiro atoms. The molecule has 0 radical (unpaired) electrons. The van der Waals surface area contributed by atoms with E-state index < -0.39 is 60.6 Å². The summed E-state index contributed by atoms with van der Waals surface area (Å²) in [5.41, 5.74) is 5.73. The van der Waals surface area contributed by atoms with Crippen LogP contribution in [0.3, 0.4) is 0 Å². The van der Waals surface area contributed by atoms with E-state index >= 15 is 0 Å². The number of aliphatic hydroxyl groups is 2. The van der Waals surface area contributed by atoms with Gasteiger partial charge in [0, 0.05) is 0 Å². The largest absolute Gasteiger partial charge is 0.480 e. The summed E-state index contributed by atoms with van der Waals surface area (Å²) < 4.78 is 0. The molecule has 8 N–H and O–H groups in total. The lowest BCUT2D eigenvalue weighted by Crippen LogP contribution is -2.60. The number of carbonyl (C=O) groups excluding carboxylic acids is 3. The zero-order valence-corrected chi connectivity index (χ0v) is 18.6. The summed E-state index contributed by atoms with van der Waals surface area (Å²) in [5.74, 6) is -3.08. The Labute approximate surface area is 180 Å². The van der Waals surface area contributed by atoms with E-state index in [4.69, 9.17) is 5.73 Å². The topological polar surface area (TPSA) is 191 Å². The Hall–Kier alpha value is -1.89. The highest BCUT2D eigenvalue weighted by atomic mass is 32.2. The van der Waals surface area contributed by atoms with Gasteiger partial charge >= 0.3 is 5.97 Å². The lowest BCUT2D eigenvalue weighted by Gasteiger charge is -2.26. The first-order valence-electron chi connectivity index (χ1n) is 9.61. The van der Waals surface area contributed by atoms with Gasteiger partial charge in [0.25, 0.3) is 0 Å². The van der Waals surface area contributed by atoms with Crippen LogP contribution in [0.4, 0.5) is 0 Å². The molecule has 0 aliphatic rings. The van der Waals surface area contributed by atoms with Crippen LogP contribution >= 0.6 is 11.8 Å². The molecule has 3 amide bonds. The number of nitrogens with two attached hydrogens (primary N) is 1. The van der Waals surface area contributed by atoms with E-state index in [1.54, 1.807) is 13.8 Å². The molecular weight excluding hydrogens is 416 g/mol. The molecule has 11 nitrogen and oxygen atoms in total. The first-order chi connectivity index (χ1) is 13.9. The number of amides is 3. The summed E-state index contributed by atoms with van der Waals surface area (Å²) in [6, 6.07) is -4.94. The van der Waals surface area contributed by atoms with Crippen molar-refractivity contribution in [2.75, 3.05) is 18.6 Å². The van der Waals surface area contributed by atoms with Crippen LogP contribution in [-0.2, 0) is 19.2 Å². The molecule has 0 saturated heterocycles. The number of carbonyl (C=O) groups is 4. The van der Waals surface area contributed by atoms with Crippen molar-refractivity contribution in [2.24, 2.45) is 11.7 Å². The van der Waals surface area contributed by atoms with Gasteiger partial charge in [0.05, 0.1) is 18.8 Å². The Bertz CT molecular complexity index is 589. The highest BCUT2D eigenvalue weighted by Crippen LogP contribution is 2.06. The van der Waals surface area contributed by atoms with Gasteiger partial charge in [-0.15, -0.1) is 0 Å². The number of rotatable bonds is 14. The number of hydrogen-bond acceptors (Lipinski definition) is 8. The number of thioether (sulfide) groups is 1. The van der Waals surface area contributed by atoms with Gasteiger partial charge in [0.15, 0.2) is 0 Å². The van der Waals surface area contributed by atoms with Crippen molar-refractivity contribution in [2.45, 2.75) is 63.9 Å². The van der Waals surface area contributed by atoms with E-state index in [0.29, 0.717) is 12.2 Å². The quantitative estimate of drug-likeness (QED) is 0.157. The van der Waals surface area contributed by atoms with Crippen LogP contribution in [0.15, 0.2) is 0 Å². The third-order valence-electron chi connectivity index (χ3n) is 4.17. The molecule has 0 aromatic rings. The van der Waals surface area contributed by atoms with Gasteiger partial charge < -0.3 is 37.0 Å². The van der Waals surface area contributed by atoms with Gasteiger partial charge in [0.1, 0.15) is 18.1 Å². The maximum absolute atomic E-state index is 12.5. The first kappa shape index (κ1) is 28.1. The van der Waals surface area contributed by atoms with Crippen LogP contribution in [0.25, 0.3) is 0 Å². The van der Waals surface area contributed by atoms with Gasteiger partial charge in [-0.05, 0) is 37.7 Å². The zero-order valence-electron chi connectivity index (χ0n) is 17.8. The molecule has 0 heterocycles. The second kappa shape index (κ2) is 14.2. The van der Waals surface area contributed by atoms with Crippen LogP contribution in [0.2, 0.25) is 0 Å². The number of carboxylic acids is 1. The maximum atomic E-state index is 12.5. The zero-order chi connectivity index (χ0) is 23.4. The van der Waals surface area contributed by atoms with Crippen LogP contribution in [0.5, 0.6) is 0 Å². The van der Waals surface area contributed by atoms with Crippen molar-refractivity contribution in [1.29, 1.82) is 0 Å². The summed E-state index contributed by atoms with van der Waals surface area (Å²) in [7, 11) is 0. The van der Waals surface area contributed by atoms with Crippen molar-refractivity contribution < 1.29 is 34.5 Å². The Morgan fingerprint density at radius 1 is 0.967 bits per heavy atom. The monoisotopic (exact) mass is 450 g/mol. The number of aliphatic carboxylic acids is 1. The second-order valence-electron chi connectivity index (χ2n) is 7.39. The molecule has 0 fully saturated rings. The van der Waals surface area contributed by atoms with Gasteiger partial charge in [-0.1, -0.05) is 13.8 Å². The highest BCUT2D eigenvalue weighted by Gasteiger charge is 2.32. The van der Waals surface area contributed by atoms with Crippen molar-refractivity contribution in [3.8, 4) is 0 Å². The average molecular weight is 451 g/mol. The fourth-order valence-electron chi connectivity index (χ4n) is 2.46. The fourth-order valence-corrected chi connectivity index (χ4v) is 2.95. The van der Waals surface area contributed by atoms with E-state index in [0.717, 1.165) is 0 Å². The number of nitrogens with one attached hydrogen (secondary N) is 3. The van der Waals surface area contributed by atoms with Crippen LogP contribution in [-0.4, -0.2) is 87.9 Å². The molecule has 0 bridgehead atoms. The molecule has 0 aliphatic carbocycles. The predicted molar refractivity (Wildman–Crippen MR) is 113 cm³/mol. The van der Waals surface area contributed by atoms with Crippen molar-refractivity contribution >= 4 is 35.5 Å². The summed E-state index contributed by atoms with van der Waals surface area (Å²) >= 11 is 1.50. The molecule has 30 heavy (non-hydrogen) atoms. The summed E-state index contributed by atoms with van der Waals surface area (Å²) in [6.07, 6.45) is 1.02. The molecule has 0 aromatic carbocycles. The van der Waals surface area contributed by atoms with E-state index in [2.05, 4.69) is 16.0 Å². The standard InChI is InChI=1S/C18H34N4O7S/c1-9(2)7-12(18(28)29)20-17(27)14(10(3)24)22-16(26)13(8-23)21-15(25)11(19)5-6-30-4/h9-14,23-24H,5-8,19H2,1-4H3,(H,20,27)(H,21,25)(H,22,26)(H,28,29). The molecule has 0 rings (SSSR count). The number of hydrogen-bond donors (Lipinski definition) is 7. The molecule has 0 aromatic heterocycles. The van der Waals surface area contributed by atoms with E-state index in [1.165, 1.54) is 18.7 Å². The summed E-state index contributed by atoms with van der Waals surface area (Å²) in [4.78, 5) is 48.3. The molecule has 12 heteroatoms. The number of carboxylic acid groups (broad SMARTS) is 1. The Morgan fingerprint density at radius 2 is 1.53 bits per heavy atom. The van der Waals surface area contributed by atoms with Crippen LogP contribution < -0.4 is 21.7 Å². The molecular formula is C18H34N4O7S. The van der Waals surface area contributed by atoms with Crippen molar-refractivity contribution in [3.05, 3.63) is 0 Å². The SMILES string of the molecule is CSCCC(N)C(=O)NC(CO)C(=O)NC(C(=O)NC(CC(C)C)C(=O)O)C(C)O. The van der Waals surface area contributed by atoms with Crippen molar-refractivity contribution in [1.82, 2.24) is 16.0 Å². The van der Waals surface area contributed by atoms with Gasteiger partial charge in [-0.3, -0.25) is 14.4 Å². The third-order valence-corrected chi connectivity index (χ3v) is 4.81. The molecule has 5 unspecified atom stereocenters. The Balaban J connectivity index is 5.12. The molecule has 5 atom stereocenters. The van der Waals surface area contributed by atoms with E-state index in [9.17, 15) is 34.5 Å². The van der Waals surface area contributed by atoms with E-state index in [1.807, 2.05) is 6.26 Å². The lowest BCUT2D eigenvalue weighted by molar-refractivity contribution is -0.143. The lowest BCUT2D eigenvalue weighted by atomic mass is 10.0. The maximum Gasteiger partial charge on any atom is 0.326 e. The molecule has 0 aliphatic heterocycles. The predicted octanol–water partition coefficient (Wildman–Crippen LogP) is -1.97. The number of aliphatic hydroxyl groups excluding tert-OH is 2. The van der Waals surface area contributed by atoms with Gasteiger partial charge in [0.2, 0.25) is 17.7 Å². The third kappa shape index (κ3) is 10.2. The molecule has 174 valence electrons. The molecule has 0 saturated carbocycles. The highest BCUT2D eigenvalue weighted by molar-refractivity contribution is 7.98. The van der Waals surface area contributed by atoms with E-state index in [-0.39, 0.29) is 12.3 Å². The Morgan fingerprint density at radius 3 is 1.97 bits per heavy atom. The fraction of sp³-hybridized carbons (Fsp3) is 0.778. The minimum absolute atomic E-state index is 0.0183. The minimum Gasteiger partial charge on any atom is -0.480 e. The van der Waals surface area contributed by atoms with Crippen molar-refractivity contribution in [3.63, 3.8) is 0 Å². The van der Waals surface area contributed by atoms with Gasteiger partial charge in [-0.25, -0.2) is 4.79 Å². The first-order valence-corrected chi connectivity index (χ1v) is 11.0. The van der Waals surface area contributed by atoms with Gasteiger partial charge in [-0.2, -0.15) is 11.8 Å². The minimum atomic E-state index is -1.48.